The summed E-state index contributed by atoms with van der Waals surface area (Å²) in [6.07, 6.45) is 2.63. The van der Waals surface area contributed by atoms with Crippen LogP contribution >= 0.6 is 27.5 Å². The van der Waals surface area contributed by atoms with Crippen molar-refractivity contribution in [3.05, 3.63) is 27.7 Å². The van der Waals surface area contributed by atoms with Gasteiger partial charge in [0.05, 0.1) is 0 Å². The van der Waals surface area contributed by atoms with Gasteiger partial charge in [-0.2, -0.15) is 0 Å². The fraction of sp³-hybridized carbons (Fsp3) is 0.500. The average molecular weight is 289 g/mol. The number of halogens is 2. The molecule has 1 aromatic carbocycles. The van der Waals surface area contributed by atoms with Crippen LogP contribution in [0.1, 0.15) is 19.8 Å². The Morgan fingerprint density at radius 1 is 1.40 bits per heavy atom. The van der Waals surface area contributed by atoms with E-state index in [0.29, 0.717) is 0 Å². The third kappa shape index (κ3) is 2.67. The van der Waals surface area contributed by atoms with E-state index in [0.717, 1.165) is 15.4 Å². The first kappa shape index (κ1) is 11.3. The van der Waals surface area contributed by atoms with Crippen molar-refractivity contribution >= 4 is 33.2 Å². The SMILES string of the molecule is CCCC1CN(c2cc(Cl)cc(Br)c2)C1. The standard InChI is InChI=1S/C12H15BrClN/c1-2-3-9-7-15(8-9)12-5-10(13)4-11(14)6-12/h4-6,9H,2-3,7-8H2,1H3. The van der Waals surface area contributed by atoms with Gasteiger partial charge in [-0.1, -0.05) is 40.9 Å². The molecule has 2 rings (SSSR count). The van der Waals surface area contributed by atoms with E-state index in [4.69, 9.17) is 11.6 Å². The number of rotatable bonds is 3. The highest BCUT2D eigenvalue weighted by Crippen LogP contribution is 2.31. The van der Waals surface area contributed by atoms with Gasteiger partial charge in [-0.3, -0.25) is 0 Å². The summed E-state index contributed by atoms with van der Waals surface area (Å²) in [5, 5.41) is 0.804. The van der Waals surface area contributed by atoms with Gasteiger partial charge in [0.15, 0.2) is 0 Å². The maximum Gasteiger partial charge on any atom is 0.0437 e. The van der Waals surface area contributed by atoms with E-state index in [9.17, 15) is 0 Å². The molecule has 1 fully saturated rings. The minimum Gasteiger partial charge on any atom is -0.371 e. The van der Waals surface area contributed by atoms with Crippen molar-refractivity contribution in [2.24, 2.45) is 5.92 Å². The summed E-state index contributed by atoms with van der Waals surface area (Å²) < 4.78 is 1.06. The van der Waals surface area contributed by atoms with Gasteiger partial charge in [-0.15, -0.1) is 0 Å². The lowest BCUT2D eigenvalue weighted by Gasteiger charge is -2.41. The van der Waals surface area contributed by atoms with Gasteiger partial charge >= 0.3 is 0 Å². The van der Waals surface area contributed by atoms with Gasteiger partial charge in [-0.25, -0.2) is 0 Å². The van der Waals surface area contributed by atoms with Crippen LogP contribution in [-0.2, 0) is 0 Å². The van der Waals surface area contributed by atoms with Crippen molar-refractivity contribution in [2.45, 2.75) is 19.8 Å². The van der Waals surface area contributed by atoms with Crippen LogP contribution in [0.15, 0.2) is 22.7 Å². The Labute approximate surface area is 105 Å². The summed E-state index contributed by atoms with van der Waals surface area (Å²) in [6.45, 7) is 4.61. The lowest BCUT2D eigenvalue weighted by Crippen LogP contribution is -2.46. The van der Waals surface area contributed by atoms with Gasteiger partial charge in [0, 0.05) is 28.3 Å². The molecule has 1 nitrogen and oxygen atoms in total. The monoisotopic (exact) mass is 287 g/mol. The second-order valence-electron chi connectivity index (χ2n) is 4.19. The van der Waals surface area contributed by atoms with E-state index in [-0.39, 0.29) is 0 Å². The highest BCUT2D eigenvalue weighted by atomic mass is 79.9. The maximum atomic E-state index is 6.02. The number of anilines is 1. The maximum absolute atomic E-state index is 6.02. The molecule has 82 valence electrons. The Morgan fingerprint density at radius 3 is 2.73 bits per heavy atom. The predicted octanol–water partition coefficient (Wildman–Crippen LogP) is 4.34. The fourth-order valence-electron chi connectivity index (χ4n) is 2.09. The van der Waals surface area contributed by atoms with Crippen molar-refractivity contribution in [3.63, 3.8) is 0 Å². The number of hydrogen-bond acceptors (Lipinski definition) is 1. The van der Waals surface area contributed by atoms with Gasteiger partial charge in [0.25, 0.3) is 0 Å². The Bertz CT molecular complexity index is 327. The van der Waals surface area contributed by atoms with Gasteiger partial charge in [0.2, 0.25) is 0 Å². The summed E-state index contributed by atoms with van der Waals surface area (Å²) in [4.78, 5) is 2.39. The van der Waals surface area contributed by atoms with Crippen LogP contribution in [0.5, 0.6) is 0 Å². The summed E-state index contributed by atoms with van der Waals surface area (Å²) in [5.41, 5.74) is 1.24. The topological polar surface area (TPSA) is 3.24 Å². The van der Waals surface area contributed by atoms with Crippen LogP contribution in [0.3, 0.4) is 0 Å². The molecule has 1 aromatic rings. The number of benzene rings is 1. The molecular weight excluding hydrogens is 273 g/mol. The third-order valence-electron chi connectivity index (χ3n) is 2.87. The average Bonchev–Trinajstić information content (AvgIpc) is 2.08. The van der Waals surface area contributed by atoms with Crippen LogP contribution < -0.4 is 4.90 Å². The highest BCUT2D eigenvalue weighted by molar-refractivity contribution is 9.10. The summed E-state index contributed by atoms with van der Waals surface area (Å²) in [5.74, 6) is 0.882. The van der Waals surface area contributed by atoms with Crippen molar-refractivity contribution < 1.29 is 0 Å². The molecule has 0 N–H and O–H groups in total. The van der Waals surface area contributed by atoms with E-state index < -0.39 is 0 Å². The number of hydrogen-bond donors (Lipinski definition) is 0. The largest absolute Gasteiger partial charge is 0.371 e. The Morgan fingerprint density at radius 2 is 2.13 bits per heavy atom. The molecule has 0 radical (unpaired) electrons. The molecule has 0 aromatic heterocycles. The highest BCUT2D eigenvalue weighted by Gasteiger charge is 2.26. The first-order valence-corrected chi connectivity index (χ1v) is 6.57. The molecule has 0 unspecified atom stereocenters. The second-order valence-corrected chi connectivity index (χ2v) is 5.54. The third-order valence-corrected chi connectivity index (χ3v) is 3.54. The van der Waals surface area contributed by atoms with E-state index in [1.54, 1.807) is 0 Å². The Balaban J connectivity index is 2.00. The smallest absolute Gasteiger partial charge is 0.0437 e. The minimum atomic E-state index is 0.804. The van der Waals surface area contributed by atoms with Gasteiger partial charge in [-0.05, 0) is 30.5 Å². The normalized spacial score (nSPS) is 16.6. The molecule has 0 saturated carbocycles. The first-order valence-electron chi connectivity index (χ1n) is 5.40. The molecule has 1 aliphatic rings. The van der Waals surface area contributed by atoms with Crippen molar-refractivity contribution in [2.75, 3.05) is 18.0 Å². The summed E-state index contributed by atoms with van der Waals surface area (Å²) in [6, 6.07) is 6.09. The zero-order valence-corrected chi connectivity index (χ0v) is 11.2. The molecule has 0 spiro atoms. The Hall–Kier alpha value is -0.210. The van der Waals surface area contributed by atoms with Crippen LogP contribution in [0.25, 0.3) is 0 Å². The molecule has 1 aliphatic heterocycles. The van der Waals surface area contributed by atoms with Gasteiger partial charge in [0.1, 0.15) is 0 Å². The minimum absolute atomic E-state index is 0.804. The molecule has 1 saturated heterocycles. The van der Waals surface area contributed by atoms with Crippen LogP contribution in [0.2, 0.25) is 5.02 Å². The van der Waals surface area contributed by atoms with E-state index in [1.165, 1.54) is 31.6 Å². The second kappa shape index (κ2) is 4.75. The lowest BCUT2D eigenvalue weighted by molar-refractivity contribution is 0.380. The fourth-order valence-corrected chi connectivity index (χ4v) is 2.94. The van der Waals surface area contributed by atoms with E-state index in [2.05, 4.69) is 33.8 Å². The molecule has 0 atom stereocenters. The molecule has 15 heavy (non-hydrogen) atoms. The summed E-state index contributed by atoms with van der Waals surface area (Å²) in [7, 11) is 0. The molecule has 0 amide bonds. The molecule has 0 aliphatic carbocycles. The molecule has 3 heteroatoms. The van der Waals surface area contributed by atoms with Crippen LogP contribution in [-0.4, -0.2) is 13.1 Å². The zero-order chi connectivity index (χ0) is 10.8. The summed E-state index contributed by atoms with van der Waals surface area (Å²) >= 11 is 9.49. The van der Waals surface area contributed by atoms with Crippen LogP contribution in [0, 0.1) is 5.92 Å². The van der Waals surface area contributed by atoms with E-state index in [1.807, 2.05) is 12.1 Å². The van der Waals surface area contributed by atoms with Crippen molar-refractivity contribution in [3.8, 4) is 0 Å². The Kier molecular flexibility index (Phi) is 3.57. The van der Waals surface area contributed by atoms with E-state index >= 15 is 0 Å². The van der Waals surface area contributed by atoms with Gasteiger partial charge < -0.3 is 4.90 Å². The molecule has 1 heterocycles. The van der Waals surface area contributed by atoms with Crippen molar-refractivity contribution in [1.82, 2.24) is 0 Å². The van der Waals surface area contributed by atoms with Crippen molar-refractivity contribution in [1.29, 1.82) is 0 Å². The predicted molar refractivity (Wildman–Crippen MR) is 69.8 cm³/mol. The molecular formula is C12H15BrClN. The van der Waals surface area contributed by atoms with Crippen LogP contribution in [0.4, 0.5) is 5.69 Å². The molecule has 0 bridgehead atoms. The first-order chi connectivity index (χ1) is 7.19. The number of nitrogens with zero attached hydrogens (tertiary/aromatic N) is 1. The quantitative estimate of drug-likeness (QED) is 0.800. The lowest BCUT2D eigenvalue weighted by atomic mass is 9.94. The zero-order valence-electron chi connectivity index (χ0n) is 8.84.